The molecule has 4 aromatic rings. The molecule has 0 radical (unpaired) electrons. The van der Waals surface area contributed by atoms with E-state index in [1.807, 2.05) is 30.3 Å². The van der Waals surface area contributed by atoms with E-state index in [9.17, 15) is 4.79 Å². The minimum Gasteiger partial charge on any atom is -0.494 e. The second kappa shape index (κ2) is 18.7. The standard InChI is InChI=1S/C40H49N3O6/c44-40(42-17-18-43-19-23-45-24-20-43)49-30-36-26-41-27-38(48-29-32-11-12-33-9-4-5-10-35(33)25-32)39(36)34-13-15-37(16-14-34)47-22-6-21-46-28-31-7-2-1-3-8-31/h1-5,7-16,25,36,38-39,41H,6,17-24,26-30H2,(H,42,44). The summed E-state index contributed by atoms with van der Waals surface area (Å²) in [5.74, 6) is 0.888. The molecule has 2 fully saturated rings. The van der Waals surface area contributed by atoms with E-state index in [2.05, 4.69) is 82.3 Å². The maximum atomic E-state index is 12.7. The van der Waals surface area contributed by atoms with Gasteiger partial charge in [0.1, 0.15) is 5.75 Å². The van der Waals surface area contributed by atoms with Crippen LogP contribution in [0.5, 0.6) is 5.75 Å². The number of amides is 1. The molecule has 3 unspecified atom stereocenters. The minimum absolute atomic E-state index is 0.0308. The average Bonchev–Trinajstić information content (AvgIpc) is 3.15. The summed E-state index contributed by atoms with van der Waals surface area (Å²) in [7, 11) is 0. The SMILES string of the molecule is O=C(NCCN1CCOCC1)OCC1CNCC(OCc2ccc3ccccc3c2)C1c1ccc(OCCCOCc2ccccc2)cc1. The number of carbonyl (C=O) groups excluding carboxylic acids is 1. The van der Waals surface area contributed by atoms with Gasteiger partial charge in [-0.15, -0.1) is 0 Å². The lowest BCUT2D eigenvalue weighted by molar-refractivity contribution is -0.0170. The number of rotatable bonds is 16. The molecule has 9 nitrogen and oxygen atoms in total. The van der Waals surface area contributed by atoms with Crippen LogP contribution in [0.4, 0.5) is 4.79 Å². The number of nitrogens with zero attached hydrogens (tertiary/aromatic N) is 1. The Morgan fingerprint density at radius 3 is 2.47 bits per heavy atom. The predicted molar refractivity (Wildman–Crippen MR) is 191 cm³/mol. The number of hydrogen-bond donors (Lipinski definition) is 2. The van der Waals surface area contributed by atoms with Gasteiger partial charge in [-0.05, 0) is 45.7 Å². The molecule has 260 valence electrons. The van der Waals surface area contributed by atoms with Crippen LogP contribution < -0.4 is 15.4 Å². The number of piperidine rings is 1. The van der Waals surface area contributed by atoms with Gasteiger partial charge < -0.3 is 34.3 Å². The van der Waals surface area contributed by atoms with Crippen LogP contribution in [-0.2, 0) is 32.2 Å². The van der Waals surface area contributed by atoms with Crippen LogP contribution >= 0.6 is 0 Å². The third kappa shape index (κ3) is 10.7. The molecule has 0 bridgehead atoms. The Morgan fingerprint density at radius 1 is 0.837 bits per heavy atom. The number of morpholine rings is 1. The Labute approximate surface area is 289 Å². The van der Waals surface area contributed by atoms with E-state index < -0.39 is 0 Å². The molecule has 2 aliphatic heterocycles. The summed E-state index contributed by atoms with van der Waals surface area (Å²) in [4.78, 5) is 15.0. The Kier molecular flexibility index (Phi) is 13.3. The monoisotopic (exact) mass is 667 g/mol. The summed E-state index contributed by atoms with van der Waals surface area (Å²) in [6, 6.07) is 33.3. The number of carbonyl (C=O) groups is 1. The van der Waals surface area contributed by atoms with Crippen molar-refractivity contribution in [1.29, 1.82) is 0 Å². The fourth-order valence-electron chi connectivity index (χ4n) is 6.59. The van der Waals surface area contributed by atoms with Gasteiger partial charge in [-0.1, -0.05) is 78.9 Å². The van der Waals surface area contributed by atoms with Crippen LogP contribution in [0.15, 0.2) is 97.1 Å². The average molecular weight is 668 g/mol. The molecule has 4 aromatic carbocycles. The van der Waals surface area contributed by atoms with Gasteiger partial charge in [-0.3, -0.25) is 4.90 Å². The normalized spacial score (nSPS) is 19.8. The molecule has 0 saturated carbocycles. The van der Waals surface area contributed by atoms with E-state index >= 15 is 0 Å². The van der Waals surface area contributed by atoms with Crippen molar-refractivity contribution >= 4 is 16.9 Å². The summed E-state index contributed by atoms with van der Waals surface area (Å²) in [6.45, 7) is 8.63. The molecule has 9 heteroatoms. The predicted octanol–water partition coefficient (Wildman–Crippen LogP) is 5.77. The van der Waals surface area contributed by atoms with Crippen molar-refractivity contribution in [2.75, 3.05) is 72.3 Å². The van der Waals surface area contributed by atoms with Crippen molar-refractivity contribution in [1.82, 2.24) is 15.5 Å². The van der Waals surface area contributed by atoms with Crippen molar-refractivity contribution in [3.63, 3.8) is 0 Å². The van der Waals surface area contributed by atoms with Gasteiger partial charge in [-0.2, -0.15) is 0 Å². The lowest BCUT2D eigenvalue weighted by Crippen LogP contribution is -2.48. The zero-order chi connectivity index (χ0) is 33.5. The Morgan fingerprint density at radius 2 is 1.63 bits per heavy atom. The summed E-state index contributed by atoms with van der Waals surface area (Å²) in [5, 5.41) is 8.87. The highest BCUT2D eigenvalue weighted by atomic mass is 16.5. The summed E-state index contributed by atoms with van der Waals surface area (Å²) >= 11 is 0. The first-order chi connectivity index (χ1) is 24.2. The largest absolute Gasteiger partial charge is 0.494 e. The van der Waals surface area contributed by atoms with E-state index in [1.165, 1.54) is 16.3 Å². The van der Waals surface area contributed by atoms with Crippen molar-refractivity contribution in [2.45, 2.75) is 31.7 Å². The van der Waals surface area contributed by atoms with E-state index in [1.54, 1.807) is 0 Å². The van der Waals surface area contributed by atoms with Gasteiger partial charge in [0, 0.05) is 57.5 Å². The van der Waals surface area contributed by atoms with E-state index in [0.717, 1.165) is 62.7 Å². The topological polar surface area (TPSA) is 90.5 Å². The van der Waals surface area contributed by atoms with Gasteiger partial charge in [0.2, 0.25) is 0 Å². The molecule has 0 spiro atoms. The minimum atomic E-state index is -0.386. The highest BCUT2D eigenvalue weighted by molar-refractivity contribution is 5.82. The van der Waals surface area contributed by atoms with Crippen molar-refractivity contribution in [2.24, 2.45) is 5.92 Å². The number of ether oxygens (including phenoxy) is 5. The summed E-state index contributed by atoms with van der Waals surface area (Å²) in [5.41, 5.74) is 3.45. The molecule has 6 rings (SSSR count). The van der Waals surface area contributed by atoms with Crippen LogP contribution in [-0.4, -0.2) is 89.4 Å². The molecular formula is C40H49N3O6. The molecule has 1 amide bonds. The molecule has 0 aromatic heterocycles. The van der Waals surface area contributed by atoms with Gasteiger partial charge in [0.25, 0.3) is 0 Å². The molecule has 2 aliphatic rings. The number of fused-ring (bicyclic) bond motifs is 1. The summed E-state index contributed by atoms with van der Waals surface area (Å²) < 4.78 is 29.7. The fourth-order valence-corrected chi connectivity index (χ4v) is 6.59. The molecular weight excluding hydrogens is 618 g/mol. The Bertz CT molecular complexity index is 1560. The zero-order valence-electron chi connectivity index (χ0n) is 28.3. The van der Waals surface area contributed by atoms with Gasteiger partial charge in [-0.25, -0.2) is 4.79 Å². The maximum Gasteiger partial charge on any atom is 0.407 e. The second-order valence-electron chi connectivity index (χ2n) is 12.8. The molecule has 49 heavy (non-hydrogen) atoms. The maximum absolute atomic E-state index is 12.7. The number of nitrogens with one attached hydrogen (secondary N) is 2. The fraction of sp³-hybridized carbons (Fsp3) is 0.425. The number of alkyl carbamates (subject to hydrolysis) is 1. The third-order valence-corrected chi connectivity index (χ3v) is 9.25. The first-order valence-corrected chi connectivity index (χ1v) is 17.6. The molecule has 0 aliphatic carbocycles. The number of hydrogen-bond acceptors (Lipinski definition) is 8. The number of benzene rings is 4. The van der Waals surface area contributed by atoms with Gasteiger partial charge >= 0.3 is 6.09 Å². The van der Waals surface area contributed by atoms with Crippen LogP contribution in [0.1, 0.15) is 29.0 Å². The summed E-state index contributed by atoms with van der Waals surface area (Å²) in [6.07, 6.45) is 0.316. The van der Waals surface area contributed by atoms with E-state index in [-0.39, 0.29) is 30.6 Å². The van der Waals surface area contributed by atoms with Crippen LogP contribution in [0.25, 0.3) is 10.8 Å². The van der Waals surface area contributed by atoms with Crippen LogP contribution in [0.2, 0.25) is 0 Å². The van der Waals surface area contributed by atoms with Crippen LogP contribution in [0.3, 0.4) is 0 Å². The van der Waals surface area contributed by atoms with Crippen LogP contribution in [0, 0.1) is 5.92 Å². The molecule has 2 N–H and O–H groups in total. The first-order valence-electron chi connectivity index (χ1n) is 17.6. The quantitative estimate of drug-likeness (QED) is 0.146. The van der Waals surface area contributed by atoms with Crippen molar-refractivity contribution < 1.29 is 28.5 Å². The van der Waals surface area contributed by atoms with Crippen molar-refractivity contribution in [3.8, 4) is 5.75 Å². The highest BCUT2D eigenvalue weighted by Gasteiger charge is 2.36. The highest BCUT2D eigenvalue weighted by Crippen LogP contribution is 2.34. The Balaban J connectivity index is 1.04. The van der Waals surface area contributed by atoms with Gasteiger partial charge in [0.15, 0.2) is 0 Å². The van der Waals surface area contributed by atoms with Gasteiger partial charge in [0.05, 0.1) is 52.4 Å². The third-order valence-electron chi connectivity index (χ3n) is 9.25. The second-order valence-corrected chi connectivity index (χ2v) is 12.8. The molecule has 3 atom stereocenters. The van der Waals surface area contributed by atoms with E-state index in [0.29, 0.717) is 39.5 Å². The first kappa shape index (κ1) is 34.9. The Hall–Kier alpha value is -3.99. The zero-order valence-corrected chi connectivity index (χ0v) is 28.3. The van der Waals surface area contributed by atoms with Crippen molar-refractivity contribution in [3.05, 3.63) is 114 Å². The lowest BCUT2D eigenvalue weighted by atomic mass is 9.79. The molecule has 2 saturated heterocycles. The smallest absolute Gasteiger partial charge is 0.407 e. The lowest BCUT2D eigenvalue weighted by Gasteiger charge is -2.38. The molecule has 2 heterocycles. The van der Waals surface area contributed by atoms with E-state index in [4.69, 9.17) is 23.7 Å².